The van der Waals surface area contributed by atoms with Crippen LogP contribution in [0.4, 0.5) is 0 Å². The van der Waals surface area contributed by atoms with Crippen molar-refractivity contribution >= 4 is 17.1 Å². The average molecular weight is 212 g/mol. The minimum absolute atomic E-state index is 0.203. The highest BCUT2D eigenvalue weighted by Crippen LogP contribution is 2.18. The summed E-state index contributed by atoms with van der Waals surface area (Å²) in [7, 11) is 1.68. The minimum atomic E-state index is -0.203. The van der Waals surface area contributed by atoms with E-state index in [0.717, 1.165) is 12.0 Å². The van der Waals surface area contributed by atoms with Crippen LogP contribution in [0, 0.1) is 0 Å². The number of thiophene rings is 1. The number of rotatable bonds is 5. The molecule has 0 N–H and O–H groups in total. The highest BCUT2D eigenvalue weighted by atomic mass is 32.1. The fourth-order valence-electron chi connectivity index (χ4n) is 1.08. The zero-order chi connectivity index (χ0) is 10.6. The van der Waals surface area contributed by atoms with Gasteiger partial charge in [-0.1, -0.05) is 0 Å². The summed E-state index contributed by atoms with van der Waals surface area (Å²) < 4.78 is 5.26. The van der Waals surface area contributed by atoms with Gasteiger partial charge >= 0.3 is 0 Å². The molecule has 1 aromatic heterocycles. The van der Waals surface area contributed by atoms with Gasteiger partial charge in [-0.2, -0.15) is 11.3 Å². The summed E-state index contributed by atoms with van der Waals surface area (Å²) in [5.74, 6) is 0.205. The van der Waals surface area contributed by atoms with Crippen molar-refractivity contribution in [2.24, 2.45) is 0 Å². The molecule has 0 aliphatic heterocycles. The molecule has 1 aromatic rings. The number of methoxy groups -OCH3 is 1. The van der Waals surface area contributed by atoms with Crippen molar-refractivity contribution < 1.29 is 9.53 Å². The SMILES string of the molecule is COC(C)(C)CCC(=O)c1ccsc1. The summed E-state index contributed by atoms with van der Waals surface area (Å²) in [5.41, 5.74) is 0.619. The maximum Gasteiger partial charge on any atom is 0.163 e. The molecule has 78 valence electrons. The lowest BCUT2D eigenvalue weighted by Crippen LogP contribution is -2.23. The molecule has 0 aromatic carbocycles. The number of hydrogen-bond donors (Lipinski definition) is 0. The second kappa shape index (κ2) is 4.71. The van der Waals surface area contributed by atoms with Crippen LogP contribution < -0.4 is 0 Å². The third kappa shape index (κ3) is 3.24. The Morgan fingerprint density at radius 1 is 1.57 bits per heavy atom. The number of carbonyl (C=O) groups is 1. The summed E-state index contributed by atoms with van der Waals surface area (Å²) >= 11 is 1.55. The van der Waals surface area contributed by atoms with Crippen molar-refractivity contribution in [2.75, 3.05) is 7.11 Å². The maximum atomic E-state index is 11.6. The largest absolute Gasteiger partial charge is 0.379 e. The second-order valence-corrected chi connectivity index (χ2v) is 4.68. The molecule has 1 heterocycles. The van der Waals surface area contributed by atoms with Crippen LogP contribution in [-0.2, 0) is 4.74 Å². The van der Waals surface area contributed by atoms with Crippen molar-refractivity contribution in [2.45, 2.75) is 32.3 Å². The van der Waals surface area contributed by atoms with Gasteiger partial charge in [0.25, 0.3) is 0 Å². The van der Waals surface area contributed by atoms with Crippen LogP contribution in [0.5, 0.6) is 0 Å². The summed E-state index contributed by atoms with van der Waals surface area (Å²) in [6.45, 7) is 3.99. The first-order valence-electron chi connectivity index (χ1n) is 4.66. The van der Waals surface area contributed by atoms with Gasteiger partial charge in [0.2, 0.25) is 0 Å². The molecule has 1 rings (SSSR count). The van der Waals surface area contributed by atoms with Gasteiger partial charge in [0.1, 0.15) is 0 Å². The summed E-state index contributed by atoms with van der Waals surface area (Å²) in [6, 6.07) is 1.87. The van der Waals surface area contributed by atoms with Crippen LogP contribution >= 0.6 is 11.3 Å². The zero-order valence-corrected chi connectivity index (χ0v) is 9.69. The first kappa shape index (κ1) is 11.4. The van der Waals surface area contributed by atoms with Crippen LogP contribution in [0.25, 0.3) is 0 Å². The predicted octanol–water partition coefficient (Wildman–Crippen LogP) is 3.14. The van der Waals surface area contributed by atoms with E-state index >= 15 is 0 Å². The van der Waals surface area contributed by atoms with Gasteiger partial charge in [0, 0.05) is 24.5 Å². The molecular formula is C11H16O2S. The second-order valence-electron chi connectivity index (χ2n) is 3.90. The van der Waals surface area contributed by atoms with E-state index < -0.39 is 0 Å². The van der Waals surface area contributed by atoms with Crippen LogP contribution in [-0.4, -0.2) is 18.5 Å². The van der Waals surface area contributed by atoms with Crippen molar-refractivity contribution in [1.29, 1.82) is 0 Å². The van der Waals surface area contributed by atoms with E-state index in [2.05, 4.69) is 0 Å². The minimum Gasteiger partial charge on any atom is -0.379 e. The van der Waals surface area contributed by atoms with E-state index in [1.54, 1.807) is 18.4 Å². The van der Waals surface area contributed by atoms with Gasteiger partial charge in [-0.15, -0.1) is 0 Å². The van der Waals surface area contributed by atoms with Gasteiger partial charge in [-0.3, -0.25) is 4.79 Å². The summed E-state index contributed by atoms with van der Waals surface area (Å²) in [4.78, 5) is 11.6. The molecular weight excluding hydrogens is 196 g/mol. The number of hydrogen-bond acceptors (Lipinski definition) is 3. The molecule has 0 aliphatic carbocycles. The molecule has 14 heavy (non-hydrogen) atoms. The quantitative estimate of drug-likeness (QED) is 0.701. The highest BCUT2D eigenvalue weighted by molar-refractivity contribution is 7.08. The molecule has 0 atom stereocenters. The molecule has 0 spiro atoms. The van der Waals surface area contributed by atoms with Gasteiger partial charge in [-0.25, -0.2) is 0 Å². The van der Waals surface area contributed by atoms with E-state index in [1.807, 2.05) is 30.7 Å². The molecule has 0 aliphatic rings. The van der Waals surface area contributed by atoms with Crippen molar-refractivity contribution in [3.05, 3.63) is 22.4 Å². The van der Waals surface area contributed by atoms with E-state index in [-0.39, 0.29) is 11.4 Å². The molecule has 0 unspecified atom stereocenters. The Balaban J connectivity index is 2.43. The maximum absolute atomic E-state index is 11.6. The third-order valence-electron chi connectivity index (χ3n) is 2.35. The summed E-state index contributed by atoms with van der Waals surface area (Å²) in [6.07, 6.45) is 1.32. The molecule has 0 radical (unpaired) electrons. The smallest absolute Gasteiger partial charge is 0.163 e. The van der Waals surface area contributed by atoms with E-state index in [0.29, 0.717) is 6.42 Å². The van der Waals surface area contributed by atoms with Gasteiger partial charge in [0.05, 0.1) is 5.60 Å². The Morgan fingerprint density at radius 3 is 2.79 bits per heavy atom. The third-order valence-corrected chi connectivity index (χ3v) is 3.03. The molecule has 3 heteroatoms. The topological polar surface area (TPSA) is 26.3 Å². The first-order valence-corrected chi connectivity index (χ1v) is 5.60. The Labute approximate surface area is 88.9 Å². The van der Waals surface area contributed by atoms with Crippen LogP contribution in [0.2, 0.25) is 0 Å². The van der Waals surface area contributed by atoms with E-state index in [4.69, 9.17) is 4.74 Å². The number of ketones is 1. The molecule has 0 fully saturated rings. The van der Waals surface area contributed by atoms with Crippen LogP contribution in [0.1, 0.15) is 37.0 Å². The molecule has 2 nitrogen and oxygen atoms in total. The van der Waals surface area contributed by atoms with Crippen LogP contribution in [0.3, 0.4) is 0 Å². The number of ether oxygens (including phenoxy) is 1. The van der Waals surface area contributed by atoms with Crippen molar-refractivity contribution in [1.82, 2.24) is 0 Å². The molecule has 0 saturated heterocycles. The Morgan fingerprint density at radius 2 is 2.29 bits per heavy atom. The monoisotopic (exact) mass is 212 g/mol. The Bertz CT molecular complexity index is 288. The average Bonchev–Trinajstić information content (AvgIpc) is 2.67. The Kier molecular flexibility index (Phi) is 3.84. The fraction of sp³-hybridized carbons (Fsp3) is 0.545. The van der Waals surface area contributed by atoms with Crippen molar-refractivity contribution in [3.8, 4) is 0 Å². The Hall–Kier alpha value is -0.670. The molecule has 0 saturated carbocycles. The van der Waals surface area contributed by atoms with Crippen LogP contribution in [0.15, 0.2) is 16.8 Å². The molecule has 0 bridgehead atoms. The lowest BCUT2D eigenvalue weighted by Gasteiger charge is -2.21. The lowest BCUT2D eigenvalue weighted by molar-refractivity contribution is 0.0141. The van der Waals surface area contributed by atoms with Gasteiger partial charge in [-0.05, 0) is 31.7 Å². The predicted molar refractivity (Wildman–Crippen MR) is 59.0 cm³/mol. The van der Waals surface area contributed by atoms with E-state index in [9.17, 15) is 4.79 Å². The molecule has 0 amide bonds. The standard InChI is InChI=1S/C11H16O2S/c1-11(2,13-3)6-4-10(12)9-5-7-14-8-9/h5,7-8H,4,6H2,1-3H3. The lowest BCUT2D eigenvalue weighted by atomic mass is 9.99. The van der Waals surface area contributed by atoms with Crippen molar-refractivity contribution in [3.63, 3.8) is 0 Å². The number of Topliss-reactive ketones (excluding diaryl/α,β-unsaturated/α-hetero) is 1. The first-order chi connectivity index (χ1) is 6.55. The summed E-state index contributed by atoms with van der Waals surface area (Å²) in [5, 5.41) is 3.82. The zero-order valence-electron chi connectivity index (χ0n) is 8.87. The normalized spacial score (nSPS) is 11.6. The fourth-order valence-corrected chi connectivity index (χ4v) is 1.74. The van der Waals surface area contributed by atoms with Gasteiger partial charge in [0.15, 0.2) is 5.78 Å². The number of carbonyl (C=O) groups excluding carboxylic acids is 1. The van der Waals surface area contributed by atoms with Gasteiger partial charge < -0.3 is 4.74 Å². The highest BCUT2D eigenvalue weighted by Gasteiger charge is 2.18. The van der Waals surface area contributed by atoms with E-state index in [1.165, 1.54) is 0 Å².